The van der Waals surface area contributed by atoms with E-state index in [2.05, 4.69) is 4.90 Å². The molecule has 0 amide bonds. The van der Waals surface area contributed by atoms with Crippen LogP contribution in [0.4, 0.5) is 0 Å². The van der Waals surface area contributed by atoms with Crippen LogP contribution in [0.25, 0.3) is 0 Å². The Bertz CT molecular complexity index is 389. The van der Waals surface area contributed by atoms with Gasteiger partial charge in [0.05, 0.1) is 6.54 Å². The summed E-state index contributed by atoms with van der Waals surface area (Å²) in [6.07, 6.45) is 5.05. The third kappa shape index (κ3) is 3.09. The van der Waals surface area contributed by atoms with Crippen molar-refractivity contribution in [1.29, 1.82) is 0 Å². The lowest BCUT2D eigenvalue weighted by atomic mass is 10.2. The second-order valence-corrected chi connectivity index (χ2v) is 4.68. The summed E-state index contributed by atoms with van der Waals surface area (Å²) >= 11 is 0. The number of carboxylic acids is 1. The maximum absolute atomic E-state index is 10.9. The first-order valence-corrected chi connectivity index (χ1v) is 6.22. The second kappa shape index (κ2) is 5.36. The normalized spacial score (nSPS) is 17.9. The lowest BCUT2D eigenvalue weighted by Crippen LogP contribution is -2.23. The number of rotatable bonds is 3. The Morgan fingerprint density at radius 2 is 2.00 bits per heavy atom. The molecule has 4 heteroatoms. The van der Waals surface area contributed by atoms with Crippen LogP contribution in [0.3, 0.4) is 0 Å². The van der Waals surface area contributed by atoms with Crippen LogP contribution < -0.4 is 0 Å². The molecule has 0 bridgehead atoms. The van der Waals surface area contributed by atoms with Crippen molar-refractivity contribution in [2.24, 2.45) is 0 Å². The predicted molar refractivity (Wildman–Crippen MR) is 64.1 cm³/mol. The molecule has 1 aliphatic rings. The van der Waals surface area contributed by atoms with Gasteiger partial charge >= 0.3 is 5.97 Å². The zero-order valence-electron chi connectivity index (χ0n) is 10.2. The van der Waals surface area contributed by atoms with E-state index in [-0.39, 0.29) is 5.56 Å². The number of aryl methyl sites for hydroxylation is 1. The number of carboxylic acid groups (broad SMARTS) is 1. The number of likely N-dealkylation sites (tertiary alicyclic amines) is 1. The molecule has 17 heavy (non-hydrogen) atoms. The third-order valence-corrected chi connectivity index (χ3v) is 3.28. The van der Waals surface area contributed by atoms with Crippen LogP contribution in [-0.2, 0) is 6.54 Å². The molecule has 1 N–H and O–H groups in total. The Morgan fingerprint density at radius 1 is 1.35 bits per heavy atom. The van der Waals surface area contributed by atoms with Crippen LogP contribution in [0.15, 0.2) is 10.5 Å². The lowest BCUT2D eigenvalue weighted by molar-refractivity contribution is 0.0695. The zero-order valence-corrected chi connectivity index (χ0v) is 10.2. The van der Waals surface area contributed by atoms with Crippen LogP contribution in [0.1, 0.15) is 47.6 Å². The van der Waals surface area contributed by atoms with Crippen molar-refractivity contribution < 1.29 is 14.3 Å². The van der Waals surface area contributed by atoms with Crippen molar-refractivity contribution in [3.05, 3.63) is 23.2 Å². The van der Waals surface area contributed by atoms with Crippen molar-refractivity contribution in [3.8, 4) is 0 Å². The molecule has 1 aliphatic heterocycles. The fourth-order valence-corrected chi connectivity index (χ4v) is 2.35. The van der Waals surface area contributed by atoms with E-state index in [1.54, 1.807) is 13.0 Å². The summed E-state index contributed by atoms with van der Waals surface area (Å²) in [6.45, 7) is 4.60. The van der Waals surface area contributed by atoms with Gasteiger partial charge in [0.1, 0.15) is 17.1 Å². The minimum atomic E-state index is -0.909. The second-order valence-electron chi connectivity index (χ2n) is 4.68. The molecule has 0 aromatic carbocycles. The van der Waals surface area contributed by atoms with Gasteiger partial charge in [-0.2, -0.15) is 0 Å². The van der Waals surface area contributed by atoms with Crippen molar-refractivity contribution in [3.63, 3.8) is 0 Å². The topological polar surface area (TPSA) is 53.7 Å². The SMILES string of the molecule is Cc1oc(CN2CCCCCC2)cc1C(=O)O. The molecule has 4 nitrogen and oxygen atoms in total. The summed E-state index contributed by atoms with van der Waals surface area (Å²) < 4.78 is 5.50. The molecule has 1 fully saturated rings. The predicted octanol–water partition coefficient (Wildman–Crippen LogP) is 2.66. The molecule has 2 rings (SSSR count). The quantitative estimate of drug-likeness (QED) is 0.878. The van der Waals surface area contributed by atoms with Gasteiger partial charge in [0.25, 0.3) is 0 Å². The van der Waals surface area contributed by atoms with E-state index in [0.717, 1.165) is 25.4 Å². The van der Waals surface area contributed by atoms with Crippen LogP contribution in [0.2, 0.25) is 0 Å². The first-order chi connectivity index (χ1) is 8.16. The van der Waals surface area contributed by atoms with Gasteiger partial charge < -0.3 is 9.52 Å². The van der Waals surface area contributed by atoms with Crippen LogP contribution in [-0.4, -0.2) is 29.1 Å². The molecule has 0 saturated carbocycles. The van der Waals surface area contributed by atoms with Gasteiger partial charge in [0.2, 0.25) is 0 Å². The fourth-order valence-electron chi connectivity index (χ4n) is 2.35. The average molecular weight is 237 g/mol. The third-order valence-electron chi connectivity index (χ3n) is 3.28. The van der Waals surface area contributed by atoms with Crippen molar-refractivity contribution in [2.45, 2.75) is 39.2 Å². The van der Waals surface area contributed by atoms with Crippen molar-refractivity contribution in [2.75, 3.05) is 13.1 Å². The molecule has 0 radical (unpaired) electrons. The van der Waals surface area contributed by atoms with E-state index in [0.29, 0.717) is 5.76 Å². The standard InChI is InChI=1S/C13H19NO3/c1-10-12(13(15)16)8-11(17-10)9-14-6-4-2-3-5-7-14/h8H,2-7,9H2,1H3,(H,15,16). The molecule has 2 heterocycles. The van der Waals surface area contributed by atoms with Crippen molar-refractivity contribution >= 4 is 5.97 Å². The summed E-state index contributed by atoms with van der Waals surface area (Å²) in [6, 6.07) is 1.66. The van der Waals surface area contributed by atoms with Crippen molar-refractivity contribution in [1.82, 2.24) is 4.90 Å². The fraction of sp³-hybridized carbons (Fsp3) is 0.615. The number of nitrogens with zero attached hydrogens (tertiary/aromatic N) is 1. The molecular formula is C13H19NO3. The number of hydrogen-bond donors (Lipinski definition) is 1. The van der Waals surface area contributed by atoms with E-state index in [1.807, 2.05) is 0 Å². The van der Waals surface area contributed by atoms with Gasteiger partial charge in [0.15, 0.2) is 0 Å². The van der Waals surface area contributed by atoms with Gasteiger partial charge in [-0.15, -0.1) is 0 Å². The first kappa shape index (κ1) is 12.2. The molecule has 1 aromatic rings. The van der Waals surface area contributed by atoms with E-state index in [9.17, 15) is 4.79 Å². The molecule has 0 unspecified atom stereocenters. The molecule has 0 spiro atoms. The monoisotopic (exact) mass is 237 g/mol. The van der Waals surface area contributed by atoms with E-state index >= 15 is 0 Å². The Balaban J connectivity index is 2.02. The summed E-state index contributed by atoms with van der Waals surface area (Å²) in [5.74, 6) is 0.359. The summed E-state index contributed by atoms with van der Waals surface area (Å²) in [5.41, 5.74) is 0.287. The maximum Gasteiger partial charge on any atom is 0.339 e. The van der Waals surface area contributed by atoms with E-state index < -0.39 is 5.97 Å². The molecule has 1 aromatic heterocycles. The van der Waals surface area contributed by atoms with Gasteiger partial charge in [0, 0.05) is 0 Å². The average Bonchev–Trinajstić information content (AvgIpc) is 2.50. The maximum atomic E-state index is 10.9. The highest BCUT2D eigenvalue weighted by Crippen LogP contribution is 2.18. The van der Waals surface area contributed by atoms with Crippen LogP contribution in [0, 0.1) is 6.92 Å². The molecule has 0 aliphatic carbocycles. The minimum absolute atomic E-state index is 0.287. The molecular weight excluding hydrogens is 218 g/mol. The molecule has 1 saturated heterocycles. The lowest BCUT2D eigenvalue weighted by Gasteiger charge is -2.17. The summed E-state index contributed by atoms with van der Waals surface area (Å²) in [7, 11) is 0. The van der Waals surface area contributed by atoms with Gasteiger partial charge in [-0.05, 0) is 38.9 Å². The Morgan fingerprint density at radius 3 is 2.53 bits per heavy atom. The first-order valence-electron chi connectivity index (χ1n) is 6.22. The highest BCUT2D eigenvalue weighted by molar-refractivity contribution is 5.88. The molecule has 94 valence electrons. The summed E-state index contributed by atoms with van der Waals surface area (Å²) in [4.78, 5) is 13.3. The number of hydrogen-bond acceptors (Lipinski definition) is 3. The highest BCUT2D eigenvalue weighted by atomic mass is 16.4. The molecule has 0 atom stereocenters. The van der Waals surface area contributed by atoms with Crippen LogP contribution >= 0.6 is 0 Å². The highest BCUT2D eigenvalue weighted by Gasteiger charge is 2.16. The minimum Gasteiger partial charge on any atom is -0.478 e. The Labute approximate surface area is 101 Å². The number of furan rings is 1. The summed E-state index contributed by atoms with van der Waals surface area (Å²) in [5, 5.41) is 8.96. The van der Waals surface area contributed by atoms with E-state index in [1.165, 1.54) is 25.7 Å². The van der Waals surface area contributed by atoms with Gasteiger partial charge in [-0.3, -0.25) is 4.90 Å². The number of aromatic carboxylic acids is 1. The zero-order chi connectivity index (χ0) is 12.3. The van der Waals surface area contributed by atoms with E-state index in [4.69, 9.17) is 9.52 Å². The number of carbonyl (C=O) groups is 1. The van der Waals surface area contributed by atoms with Gasteiger partial charge in [-0.1, -0.05) is 12.8 Å². The Kier molecular flexibility index (Phi) is 3.84. The largest absolute Gasteiger partial charge is 0.478 e. The Hall–Kier alpha value is -1.29. The smallest absolute Gasteiger partial charge is 0.339 e. The van der Waals surface area contributed by atoms with Crippen LogP contribution in [0.5, 0.6) is 0 Å². The van der Waals surface area contributed by atoms with Gasteiger partial charge in [-0.25, -0.2) is 4.79 Å².